The van der Waals surface area contributed by atoms with Crippen molar-refractivity contribution in [3.8, 4) is 11.5 Å². The molecule has 2 aromatic heterocycles. The first-order chi connectivity index (χ1) is 14.5. The lowest BCUT2D eigenvalue weighted by Crippen LogP contribution is -2.14. The summed E-state index contributed by atoms with van der Waals surface area (Å²) in [5.74, 6) is 1.69. The van der Waals surface area contributed by atoms with Crippen LogP contribution >= 0.6 is 0 Å². The molecule has 0 bridgehead atoms. The van der Waals surface area contributed by atoms with Crippen LogP contribution in [0.1, 0.15) is 35.5 Å². The number of nitrogens with one attached hydrogen (secondary N) is 1. The Hall–Kier alpha value is -3.60. The number of aromatic nitrogens is 2. The summed E-state index contributed by atoms with van der Waals surface area (Å²) in [5.41, 5.74) is 4.07. The predicted molar refractivity (Wildman–Crippen MR) is 120 cm³/mol. The molecule has 1 atom stereocenters. The Morgan fingerprint density at radius 1 is 0.933 bits per heavy atom. The van der Waals surface area contributed by atoms with E-state index in [4.69, 9.17) is 4.74 Å². The number of phenolic OH excluding ortho intramolecular Hbond substituents is 1. The minimum Gasteiger partial charge on any atom is -0.505 e. The zero-order valence-electron chi connectivity index (χ0n) is 17.4. The lowest BCUT2D eigenvalue weighted by atomic mass is 9.96. The molecule has 0 aliphatic rings. The second kappa shape index (κ2) is 8.41. The van der Waals surface area contributed by atoms with Crippen molar-refractivity contribution in [2.75, 3.05) is 11.9 Å². The minimum absolute atomic E-state index is 0.170. The van der Waals surface area contributed by atoms with Crippen molar-refractivity contribution >= 4 is 16.7 Å². The molecule has 30 heavy (non-hydrogen) atoms. The number of pyridine rings is 2. The van der Waals surface area contributed by atoms with Crippen LogP contribution in [0.4, 0.5) is 5.82 Å². The maximum atomic E-state index is 11.2. The van der Waals surface area contributed by atoms with Crippen molar-refractivity contribution in [2.45, 2.75) is 26.8 Å². The van der Waals surface area contributed by atoms with Gasteiger partial charge in [-0.05, 0) is 56.7 Å². The van der Waals surface area contributed by atoms with Gasteiger partial charge in [0.05, 0.1) is 12.6 Å². The summed E-state index contributed by atoms with van der Waals surface area (Å²) >= 11 is 0. The average molecular weight is 399 g/mol. The Kier molecular flexibility index (Phi) is 5.53. The number of ether oxygens (including phenoxy) is 1. The fourth-order valence-corrected chi connectivity index (χ4v) is 3.58. The fraction of sp³-hybridized carbons (Fsp3) is 0.200. The van der Waals surface area contributed by atoms with E-state index in [0.717, 1.165) is 39.5 Å². The molecule has 0 saturated heterocycles. The van der Waals surface area contributed by atoms with Crippen LogP contribution in [-0.4, -0.2) is 21.7 Å². The number of fused-ring (bicyclic) bond motifs is 1. The van der Waals surface area contributed by atoms with Gasteiger partial charge in [-0.25, -0.2) is 9.97 Å². The molecule has 2 N–H and O–H groups in total. The maximum Gasteiger partial charge on any atom is 0.147 e. The summed E-state index contributed by atoms with van der Waals surface area (Å²) in [6.07, 6.45) is 0. The molecule has 0 radical (unpaired) electrons. The molecule has 0 spiro atoms. The molecular weight excluding hydrogens is 374 g/mol. The number of rotatable bonds is 6. The van der Waals surface area contributed by atoms with Crippen LogP contribution in [0.15, 0.2) is 66.7 Å². The van der Waals surface area contributed by atoms with Gasteiger partial charge in [0.25, 0.3) is 0 Å². The molecule has 152 valence electrons. The number of hydrogen-bond donors (Lipinski definition) is 2. The molecule has 5 heteroatoms. The maximum absolute atomic E-state index is 11.2. The van der Waals surface area contributed by atoms with Crippen LogP contribution in [0.2, 0.25) is 0 Å². The van der Waals surface area contributed by atoms with E-state index in [1.54, 1.807) is 0 Å². The number of nitrogens with zero attached hydrogens (tertiary/aromatic N) is 2. The Bertz CT molecular complexity index is 1190. The molecule has 0 fully saturated rings. The molecule has 4 rings (SSSR count). The number of hydrogen-bond acceptors (Lipinski definition) is 5. The Labute approximate surface area is 176 Å². The number of benzene rings is 2. The molecular formula is C25H25N3O2. The first kappa shape index (κ1) is 19.7. The third-order valence-electron chi connectivity index (χ3n) is 5.00. The van der Waals surface area contributed by atoms with Gasteiger partial charge in [0, 0.05) is 22.3 Å². The van der Waals surface area contributed by atoms with Crippen LogP contribution < -0.4 is 10.1 Å². The van der Waals surface area contributed by atoms with E-state index in [2.05, 4.69) is 15.3 Å². The second-order valence-electron chi connectivity index (χ2n) is 7.27. The van der Waals surface area contributed by atoms with Crippen LogP contribution in [0.5, 0.6) is 11.5 Å². The van der Waals surface area contributed by atoms with Gasteiger partial charge in [0.15, 0.2) is 0 Å². The van der Waals surface area contributed by atoms with Gasteiger partial charge in [-0.3, -0.25) is 0 Å². The van der Waals surface area contributed by atoms with Gasteiger partial charge in [-0.15, -0.1) is 0 Å². The van der Waals surface area contributed by atoms with Gasteiger partial charge in [0.1, 0.15) is 22.8 Å². The Morgan fingerprint density at radius 3 is 2.50 bits per heavy atom. The van der Waals surface area contributed by atoms with Crippen molar-refractivity contribution < 1.29 is 9.84 Å². The summed E-state index contributed by atoms with van der Waals surface area (Å²) in [6.45, 7) is 6.42. The van der Waals surface area contributed by atoms with Crippen molar-refractivity contribution in [3.63, 3.8) is 0 Å². The summed E-state index contributed by atoms with van der Waals surface area (Å²) in [6, 6.07) is 21.3. The molecule has 2 aromatic carbocycles. The van der Waals surface area contributed by atoms with Crippen molar-refractivity contribution in [3.05, 3.63) is 89.2 Å². The third kappa shape index (κ3) is 4.06. The van der Waals surface area contributed by atoms with Crippen molar-refractivity contribution in [2.24, 2.45) is 0 Å². The van der Waals surface area contributed by atoms with Gasteiger partial charge >= 0.3 is 0 Å². The number of aryl methyl sites for hydroxylation is 2. The van der Waals surface area contributed by atoms with E-state index in [0.29, 0.717) is 12.1 Å². The molecule has 1 unspecified atom stereocenters. The number of phenols is 1. The second-order valence-corrected chi connectivity index (χ2v) is 7.27. The molecule has 2 heterocycles. The number of aromatic hydroxyl groups is 1. The highest BCUT2D eigenvalue weighted by Gasteiger charge is 2.21. The van der Waals surface area contributed by atoms with E-state index in [9.17, 15) is 5.11 Å². The van der Waals surface area contributed by atoms with Crippen molar-refractivity contribution in [1.29, 1.82) is 0 Å². The monoisotopic (exact) mass is 399 g/mol. The summed E-state index contributed by atoms with van der Waals surface area (Å²) in [7, 11) is 0. The summed E-state index contributed by atoms with van der Waals surface area (Å²) < 4.78 is 5.70. The van der Waals surface area contributed by atoms with Crippen LogP contribution in [0, 0.1) is 13.8 Å². The van der Waals surface area contributed by atoms with Gasteiger partial charge in [0.2, 0.25) is 0 Å². The van der Waals surface area contributed by atoms with Gasteiger partial charge < -0.3 is 15.2 Å². The van der Waals surface area contributed by atoms with E-state index in [-0.39, 0.29) is 11.8 Å². The predicted octanol–water partition coefficient (Wildman–Crippen LogP) is 5.55. The molecule has 0 aliphatic heterocycles. The Balaban J connectivity index is 1.85. The topological polar surface area (TPSA) is 67.3 Å². The third-order valence-corrected chi connectivity index (χ3v) is 5.00. The van der Waals surface area contributed by atoms with Crippen LogP contribution in [0.3, 0.4) is 0 Å². The van der Waals surface area contributed by atoms with E-state index in [1.807, 2.05) is 87.5 Å². The largest absolute Gasteiger partial charge is 0.505 e. The average Bonchev–Trinajstić information content (AvgIpc) is 2.74. The zero-order chi connectivity index (χ0) is 21.1. The first-order valence-corrected chi connectivity index (χ1v) is 10.1. The number of anilines is 1. The van der Waals surface area contributed by atoms with Crippen LogP contribution in [0.25, 0.3) is 10.9 Å². The highest BCUT2D eigenvalue weighted by molar-refractivity contribution is 5.86. The van der Waals surface area contributed by atoms with Crippen LogP contribution in [-0.2, 0) is 0 Å². The Morgan fingerprint density at radius 2 is 1.70 bits per heavy atom. The quantitative estimate of drug-likeness (QED) is 0.445. The SMILES string of the molecule is CCOc1cccc(C(Nc2cccc(C)n2)c2ccc3ccc(C)nc3c2O)c1. The fourth-order valence-electron chi connectivity index (χ4n) is 3.58. The molecule has 0 amide bonds. The zero-order valence-corrected chi connectivity index (χ0v) is 17.4. The normalized spacial score (nSPS) is 12.0. The lowest BCUT2D eigenvalue weighted by molar-refractivity contribution is 0.340. The van der Waals surface area contributed by atoms with Gasteiger partial charge in [-0.1, -0.05) is 36.4 Å². The van der Waals surface area contributed by atoms with E-state index < -0.39 is 0 Å². The minimum atomic E-state index is -0.327. The van der Waals surface area contributed by atoms with Gasteiger partial charge in [-0.2, -0.15) is 0 Å². The molecule has 0 aliphatic carbocycles. The standard InChI is InChI=1S/C25H25N3O2/c1-4-30-20-9-6-8-19(15-20)23(28-22-10-5-7-16(2)26-22)21-14-13-18-12-11-17(3)27-24(18)25(21)29/h5-15,23,29H,4H2,1-3H3,(H,26,28). The summed E-state index contributed by atoms with van der Waals surface area (Å²) in [5, 5.41) is 15.5. The highest BCUT2D eigenvalue weighted by atomic mass is 16.5. The lowest BCUT2D eigenvalue weighted by Gasteiger charge is -2.23. The molecule has 0 saturated carbocycles. The smallest absolute Gasteiger partial charge is 0.147 e. The summed E-state index contributed by atoms with van der Waals surface area (Å²) in [4.78, 5) is 9.15. The molecule has 5 nitrogen and oxygen atoms in total. The van der Waals surface area contributed by atoms with E-state index >= 15 is 0 Å². The van der Waals surface area contributed by atoms with E-state index in [1.165, 1.54) is 0 Å². The molecule has 4 aromatic rings. The van der Waals surface area contributed by atoms with Crippen molar-refractivity contribution in [1.82, 2.24) is 9.97 Å². The first-order valence-electron chi connectivity index (χ1n) is 10.1. The highest BCUT2D eigenvalue weighted by Crippen LogP contribution is 2.37.